The van der Waals surface area contributed by atoms with E-state index in [-0.39, 0.29) is 0 Å². The minimum atomic E-state index is -1.08. The van der Waals surface area contributed by atoms with Gasteiger partial charge in [-0.25, -0.2) is 0 Å². The molecule has 0 nitrogen and oxygen atoms in total. The largest absolute Gasteiger partial charge is 0.130 e. The SMILES string of the molecule is C[Si](C)(C)C=C[Si](CCl)c1ccccc1. The Morgan fingerprint density at radius 3 is 2.27 bits per heavy atom. The second-order valence-electron chi connectivity index (χ2n) is 4.72. The van der Waals surface area contributed by atoms with Gasteiger partial charge in [-0.15, -0.1) is 17.3 Å². The van der Waals surface area contributed by atoms with Gasteiger partial charge in [0.15, 0.2) is 0 Å². The highest BCUT2D eigenvalue weighted by Crippen LogP contribution is 2.03. The Morgan fingerprint density at radius 1 is 1.20 bits per heavy atom. The van der Waals surface area contributed by atoms with Crippen LogP contribution in [0.1, 0.15) is 0 Å². The summed E-state index contributed by atoms with van der Waals surface area (Å²) in [6.45, 7) is 7.05. The minimum absolute atomic E-state index is 0.675. The summed E-state index contributed by atoms with van der Waals surface area (Å²) in [5, 5.41) is 1.41. The summed E-state index contributed by atoms with van der Waals surface area (Å²) in [7, 11) is -1.76. The normalized spacial score (nSPS) is 12.6. The van der Waals surface area contributed by atoms with Crippen LogP contribution in [0.5, 0.6) is 0 Å². The van der Waals surface area contributed by atoms with Crippen LogP contribution < -0.4 is 5.19 Å². The number of rotatable bonds is 4. The first-order valence-electron chi connectivity index (χ1n) is 5.19. The van der Waals surface area contributed by atoms with Crippen LogP contribution in [0.25, 0.3) is 0 Å². The Kier molecular flexibility index (Phi) is 4.83. The lowest BCUT2D eigenvalue weighted by atomic mass is 10.4. The van der Waals surface area contributed by atoms with E-state index < -0.39 is 16.9 Å². The lowest BCUT2D eigenvalue weighted by Crippen LogP contribution is -2.31. The van der Waals surface area contributed by atoms with Crippen LogP contribution in [0.3, 0.4) is 0 Å². The van der Waals surface area contributed by atoms with Crippen molar-refractivity contribution < 1.29 is 0 Å². The molecule has 1 radical (unpaired) electrons. The highest BCUT2D eigenvalue weighted by molar-refractivity contribution is 6.87. The molecule has 0 saturated heterocycles. The lowest BCUT2D eigenvalue weighted by molar-refractivity contribution is 1.74. The molecule has 0 aliphatic heterocycles. The van der Waals surface area contributed by atoms with Crippen molar-refractivity contribution in [3.05, 3.63) is 41.7 Å². The molecule has 3 heteroatoms. The maximum absolute atomic E-state index is 6.04. The van der Waals surface area contributed by atoms with Crippen molar-refractivity contribution in [2.75, 3.05) is 5.50 Å². The standard InChI is InChI=1S/C12H18ClSi2/c1-15(2,3)10-9-14(11-13)12-7-5-4-6-8-12/h4-10H,11H2,1-3H3. The molecule has 1 aromatic carbocycles. The zero-order valence-electron chi connectivity index (χ0n) is 9.63. The summed E-state index contributed by atoms with van der Waals surface area (Å²) in [5.74, 6) is 0. The van der Waals surface area contributed by atoms with Crippen molar-refractivity contribution in [3.8, 4) is 0 Å². The Balaban J connectivity index is 2.78. The maximum Gasteiger partial charge on any atom is 0.127 e. The van der Waals surface area contributed by atoms with Gasteiger partial charge in [-0.3, -0.25) is 0 Å². The van der Waals surface area contributed by atoms with E-state index in [0.717, 1.165) is 5.50 Å². The van der Waals surface area contributed by atoms with Crippen LogP contribution in [0.2, 0.25) is 19.6 Å². The van der Waals surface area contributed by atoms with Gasteiger partial charge in [0.1, 0.15) is 8.80 Å². The average molecular weight is 254 g/mol. The van der Waals surface area contributed by atoms with Crippen LogP contribution in [-0.4, -0.2) is 22.4 Å². The number of alkyl halides is 1. The highest BCUT2D eigenvalue weighted by atomic mass is 35.5. The first-order valence-corrected chi connectivity index (χ1v) is 11.1. The predicted octanol–water partition coefficient (Wildman–Crippen LogP) is 3.14. The molecule has 0 unspecified atom stereocenters. The Hall–Kier alpha value is -0.316. The minimum Gasteiger partial charge on any atom is -0.130 e. The highest BCUT2D eigenvalue weighted by Gasteiger charge is 2.12. The van der Waals surface area contributed by atoms with Gasteiger partial charge in [-0.05, 0) is 0 Å². The first kappa shape index (κ1) is 12.8. The fourth-order valence-electron chi connectivity index (χ4n) is 1.22. The average Bonchev–Trinajstić information content (AvgIpc) is 2.19. The number of hydrogen-bond acceptors (Lipinski definition) is 0. The van der Waals surface area contributed by atoms with Gasteiger partial charge >= 0.3 is 0 Å². The summed E-state index contributed by atoms with van der Waals surface area (Å²) in [6.07, 6.45) is 0. The molecule has 0 amide bonds. The van der Waals surface area contributed by atoms with Gasteiger partial charge in [0.25, 0.3) is 0 Å². The fraction of sp³-hybridized carbons (Fsp3) is 0.333. The molecule has 1 rings (SSSR count). The zero-order valence-corrected chi connectivity index (χ0v) is 12.4. The number of halogens is 1. The Bertz CT molecular complexity index is 314. The van der Waals surface area contributed by atoms with Crippen molar-refractivity contribution in [2.24, 2.45) is 0 Å². The second-order valence-corrected chi connectivity index (χ2v) is 12.8. The molecule has 0 spiro atoms. The second kappa shape index (κ2) is 5.68. The van der Waals surface area contributed by atoms with E-state index in [1.165, 1.54) is 5.19 Å². The van der Waals surface area contributed by atoms with Crippen LogP contribution in [0.4, 0.5) is 0 Å². The summed E-state index contributed by atoms with van der Waals surface area (Å²) in [6, 6.07) is 10.6. The van der Waals surface area contributed by atoms with Gasteiger partial charge < -0.3 is 0 Å². The molecule has 0 atom stereocenters. The quantitative estimate of drug-likeness (QED) is 0.571. The van der Waals surface area contributed by atoms with Crippen molar-refractivity contribution in [3.63, 3.8) is 0 Å². The topological polar surface area (TPSA) is 0 Å². The van der Waals surface area contributed by atoms with Crippen LogP contribution in [0, 0.1) is 0 Å². The van der Waals surface area contributed by atoms with E-state index in [1.807, 2.05) is 0 Å². The van der Waals surface area contributed by atoms with Crippen LogP contribution in [0.15, 0.2) is 41.7 Å². The third-order valence-electron chi connectivity index (χ3n) is 2.07. The Morgan fingerprint density at radius 2 is 1.80 bits per heavy atom. The van der Waals surface area contributed by atoms with E-state index >= 15 is 0 Å². The van der Waals surface area contributed by atoms with Crippen molar-refractivity contribution in [1.29, 1.82) is 0 Å². The van der Waals surface area contributed by atoms with Gasteiger partial charge in [-0.2, -0.15) is 0 Å². The number of hydrogen-bond donors (Lipinski definition) is 0. The van der Waals surface area contributed by atoms with Crippen molar-refractivity contribution in [2.45, 2.75) is 19.6 Å². The molecular weight excluding hydrogens is 236 g/mol. The molecular formula is C12H18ClSi2. The molecule has 0 bridgehead atoms. The van der Waals surface area contributed by atoms with Gasteiger partial charge in [0.05, 0.1) is 8.07 Å². The van der Waals surface area contributed by atoms with Gasteiger partial charge in [0, 0.05) is 5.50 Å². The van der Waals surface area contributed by atoms with Crippen LogP contribution >= 0.6 is 11.6 Å². The lowest BCUT2D eigenvalue weighted by Gasteiger charge is -2.12. The zero-order chi connectivity index (χ0) is 11.3. The van der Waals surface area contributed by atoms with E-state index in [4.69, 9.17) is 11.6 Å². The Labute approximate surface area is 101 Å². The molecule has 0 aliphatic rings. The molecule has 0 saturated carbocycles. The third kappa shape index (κ3) is 4.82. The summed E-state index contributed by atoms with van der Waals surface area (Å²) in [5.41, 5.74) is 5.55. The van der Waals surface area contributed by atoms with Gasteiger partial charge in [0.2, 0.25) is 0 Å². The molecule has 0 N–H and O–H groups in total. The van der Waals surface area contributed by atoms with E-state index in [0.29, 0.717) is 0 Å². The summed E-state index contributed by atoms with van der Waals surface area (Å²) < 4.78 is 0. The molecule has 0 heterocycles. The summed E-state index contributed by atoms with van der Waals surface area (Å²) >= 11 is 6.04. The van der Waals surface area contributed by atoms with Crippen LogP contribution in [-0.2, 0) is 0 Å². The van der Waals surface area contributed by atoms with Gasteiger partial charge in [-0.1, -0.05) is 60.9 Å². The summed E-state index contributed by atoms with van der Waals surface area (Å²) in [4.78, 5) is 0. The third-order valence-corrected chi connectivity index (χ3v) is 6.37. The molecule has 0 aliphatic carbocycles. The molecule has 81 valence electrons. The van der Waals surface area contributed by atoms with E-state index in [9.17, 15) is 0 Å². The first-order chi connectivity index (χ1) is 7.03. The molecule has 0 aromatic heterocycles. The molecule has 15 heavy (non-hydrogen) atoms. The van der Waals surface area contributed by atoms with E-state index in [2.05, 4.69) is 61.4 Å². The molecule has 1 aromatic rings. The monoisotopic (exact) mass is 253 g/mol. The predicted molar refractivity (Wildman–Crippen MR) is 75.0 cm³/mol. The maximum atomic E-state index is 6.04. The fourth-order valence-corrected chi connectivity index (χ4v) is 5.81. The smallest absolute Gasteiger partial charge is 0.127 e. The van der Waals surface area contributed by atoms with E-state index in [1.54, 1.807) is 0 Å². The van der Waals surface area contributed by atoms with Crippen molar-refractivity contribution in [1.82, 2.24) is 0 Å². The number of benzene rings is 1. The molecule has 0 fully saturated rings. The van der Waals surface area contributed by atoms with Crippen molar-refractivity contribution >= 4 is 33.7 Å².